The predicted octanol–water partition coefficient (Wildman–Crippen LogP) is 0.704. The zero-order chi connectivity index (χ0) is 13.7. The van der Waals surface area contributed by atoms with E-state index in [0.29, 0.717) is 5.82 Å². The minimum absolute atomic E-state index is 0.000322. The molecule has 1 aromatic heterocycles. The normalized spacial score (nSPS) is 13.8. The number of nitrogen functional groups attached to an aromatic ring is 1. The van der Waals surface area contributed by atoms with Crippen molar-refractivity contribution in [2.24, 2.45) is 11.8 Å². The zero-order valence-corrected chi connectivity index (χ0v) is 10.3. The second-order valence-electron chi connectivity index (χ2n) is 4.09. The molecule has 5 N–H and O–H groups in total. The molecule has 0 spiro atoms. The van der Waals surface area contributed by atoms with Crippen molar-refractivity contribution in [3.63, 3.8) is 0 Å². The third kappa shape index (κ3) is 3.54. The van der Waals surface area contributed by atoms with Crippen LogP contribution >= 0.6 is 0 Å². The van der Waals surface area contributed by atoms with Crippen LogP contribution in [0.25, 0.3) is 0 Å². The molecule has 0 aromatic carbocycles. The van der Waals surface area contributed by atoms with Crippen molar-refractivity contribution in [2.75, 3.05) is 17.3 Å². The number of hydrazine groups is 1. The highest BCUT2D eigenvalue weighted by Gasteiger charge is 2.15. The Morgan fingerprint density at radius 1 is 1.50 bits per heavy atom. The van der Waals surface area contributed by atoms with E-state index in [4.69, 9.17) is 10.9 Å². The number of aliphatic hydroxyl groups is 1. The Morgan fingerprint density at radius 3 is 2.61 bits per heavy atom. The lowest BCUT2D eigenvalue weighted by Gasteiger charge is -2.19. The van der Waals surface area contributed by atoms with Crippen LogP contribution in [0, 0.1) is 16.0 Å². The standard InChI is InChI=1S/C10H17N5O3/c1-6(5-16)7(2)12-9-3-8(15(17)18)4-10(13-9)14-11/h3-4,6-7,16H,5,11H2,1-2H3,(H2,12,13,14). The number of aromatic nitrogens is 1. The molecule has 0 radical (unpaired) electrons. The summed E-state index contributed by atoms with van der Waals surface area (Å²) in [5, 5.41) is 22.8. The molecular weight excluding hydrogens is 238 g/mol. The molecule has 100 valence electrons. The van der Waals surface area contributed by atoms with Crippen LogP contribution in [-0.2, 0) is 0 Å². The maximum absolute atomic E-state index is 10.7. The number of nitrogens with zero attached hydrogens (tertiary/aromatic N) is 2. The fraction of sp³-hybridized carbons (Fsp3) is 0.500. The summed E-state index contributed by atoms with van der Waals surface area (Å²) in [6.45, 7) is 3.74. The number of nitro groups is 1. The van der Waals surface area contributed by atoms with Gasteiger partial charge in [-0.05, 0) is 12.8 Å². The molecule has 2 atom stereocenters. The highest BCUT2D eigenvalue weighted by molar-refractivity contribution is 5.54. The number of aliphatic hydroxyl groups excluding tert-OH is 1. The van der Waals surface area contributed by atoms with Gasteiger partial charge in [0.1, 0.15) is 11.6 Å². The zero-order valence-electron chi connectivity index (χ0n) is 10.3. The summed E-state index contributed by atoms with van der Waals surface area (Å²) in [6, 6.07) is 2.49. The van der Waals surface area contributed by atoms with Gasteiger partial charge >= 0.3 is 0 Å². The minimum atomic E-state index is -0.520. The number of anilines is 2. The van der Waals surface area contributed by atoms with Crippen LogP contribution < -0.4 is 16.6 Å². The van der Waals surface area contributed by atoms with Gasteiger partial charge in [0.05, 0.1) is 17.1 Å². The molecule has 0 saturated heterocycles. The van der Waals surface area contributed by atoms with E-state index >= 15 is 0 Å². The largest absolute Gasteiger partial charge is 0.396 e. The molecule has 18 heavy (non-hydrogen) atoms. The molecule has 0 fully saturated rings. The van der Waals surface area contributed by atoms with E-state index in [9.17, 15) is 10.1 Å². The number of hydrogen-bond acceptors (Lipinski definition) is 7. The molecule has 0 aliphatic rings. The van der Waals surface area contributed by atoms with E-state index in [0.717, 1.165) is 0 Å². The Labute approximate surface area is 104 Å². The smallest absolute Gasteiger partial charge is 0.276 e. The highest BCUT2D eigenvalue weighted by Crippen LogP contribution is 2.21. The summed E-state index contributed by atoms with van der Waals surface area (Å²) < 4.78 is 0. The van der Waals surface area contributed by atoms with Crippen LogP contribution in [0.3, 0.4) is 0 Å². The summed E-state index contributed by atoms with van der Waals surface area (Å²) in [5.41, 5.74) is 2.17. The molecule has 0 bridgehead atoms. The third-order valence-corrected chi connectivity index (χ3v) is 2.69. The van der Waals surface area contributed by atoms with Gasteiger partial charge in [-0.15, -0.1) is 0 Å². The van der Waals surface area contributed by atoms with Crippen molar-refractivity contribution in [1.82, 2.24) is 4.98 Å². The van der Waals surface area contributed by atoms with Crippen molar-refractivity contribution < 1.29 is 10.0 Å². The van der Waals surface area contributed by atoms with Crippen LogP contribution in [0.1, 0.15) is 13.8 Å². The average molecular weight is 255 g/mol. The molecule has 2 unspecified atom stereocenters. The number of pyridine rings is 1. The summed E-state index contributed by atoms with van der Waals surface area (Å²) >= 11 is 0. The van der Waals surface area contributed by atoms with Gasteiger partial charge in [0.2, 0.25) is 0 Å². The van der Waals surface area contributed by atoms with E-state index < -0.39 is 4.92 Å². The molecule has 0 saturated carbocycles. The lowest BCUT2D eigenvalue weighted by atomic mass is 10.1. The molecule has 0 aliphatic carbocycles. The maximum Gasteiger partial charge on any atom is 0.276 e. The molecule has 0 aliphatic heterocycles. The highest BCUT2D eigenvalue weighted by atomic mass is 16.6. The first-order valence-corrected chi connectivity index (χ1v) is 5.48. The van der Waals surface area contributed by atoms with Crippen LogP contribution in [0.4, 0.5) is 17.3 Å². The second kappa shape index (κ2) is 6.12. The van der Waals surface area contributed by atoms with E-state index in [1.54, 1.807) is 0 Å². The van der Waals surface area contributed by atoms with Gasteiger partial charge in [-0.2, -0.15) is 0 Å². The van der Waals surface area contributed by atoms with E-state index in [2.05, 4.69) is 15.7 Å². The van der Waals surface area contributed by atoms with Crippen molar-refractivity contribution >= 4 is 17.3 Å². The van der Waals surface area contributed by atoms with E-state index in [1.807, 2.05) is 13.8 Å². The number of nitrogens with two attached hydrogens (primary N) is 1. The van der Waals surface area contributed by atoms with Crippen LogP contribution in [0.15, 0.2) is 12.1 Å². The number of rotatable bonds is 6. The summed E-state index contributed by atoms with van der Waals surface area (Å²) in [4.78, 5) is 14.3. The van der Waals surface area contributed by atoms with Crippen LogP contribution in [0.2, 0.25) is 0 Å². The van der Waals surface area contributed by atoms with Gasteiger partial charge in [-0.25, -0.2) is 10.8 Å². The maximum atomic E-state index is 10.7. The van der Waals surface area contributed by atoms with Gasteiger partial charge in [0.25, 0.3) is 5.69 Å². The van der Waals surface area contributed by atoms with E-state index in [-0.39, 0.29) is 30.1 Å². The summed E-state index contributed by atoms with van der Waals surface area (Å²) in [5.74, 6) is 5.74. The monoisotopic (exact) mass is 255 g/mol. The molecule has 1 aromatic rings. The Balaban J connectivity index is 2.94. The molecule has 0 amide bonds. The first kappa shape index (κ1) is 14.1. The van der Waals surface area contributed by atoms with Crippen molar-refractivity contribution in [2.45, 2.75) is 19.9 Å². The first-order chi connectivity index (χ1) is 8.47. The Kier molecular flexibility index (Phi) is 4.81. The van der Waals surface area contributed by atoms with Crippen molar-refractivity contribution in [3.05, 3.63) is 22.2 Å². The quantitative estimate of drug-likeness (QED) is 0.335. The lowest BCUT2D eigenvalue weighted by molar-refractivity contribution is -0.384. The SMILES string of the molecule is CC(CO)C(C)Nc1cc([N+](=O)[O-])cc(NN)n1. The molecule has 8 heteroatoms. The average Bonchev–Trinajstić information content (AvgIpc) is 2.36. The van der Waals surface area contributed by atoms with Crippen LogP contribution in [-0.4, -0.2) is 27.7 Å². The fourth-order valence-electron chi connectivity index (χ4n) is 1.30. The Morgan fingerprint density at radius 2 is 2.11 bits per heavy atom. The van der Waals surface area contributed by atoms with Crippen molar-refractivity contribution in [3.8, 4) is 0 Å². The molecule has 1 heterocycles. The van der Waals surface area contributed by atoms with Crippen LogP contribution in [0.5, 0.6) is 0 Å². The second-order valence-corrected chi connectivity index (χ2v) is 4.09. The third-order valence-electron chi connectivity index (χ3n) is 2.69. The molecular formula is C10H17N5O3. The van der Waals surface area contributed by atoms with E-state index in [1.165, 1.54) is 12.1 Å². The molecule has 8 nitrogen and oxygen atoms in total. The molecule has 1 rings (SSSR count). The van der Waals surface area contributed by atoms with Gasteiger partial charge in [-0.3, -0.25) is 10.1 Å². The topological polar surface area (TPSA) is 126 Å². The fourth-order valence-corrected chi connectivity index (χ4v) is 1.30. The predicted molar refractivity (Wildman–Crippen MR) is 68.0 cm³/mol. The minimum Gasteiger partial charge on any atom is -0.396 e. The Bertz CT molecular complexity index is 426. The lowest BCUT2D eigenvalue weighted by Crippen LogP contribution is -2.27. The van der Waals surface area contributed by atoms with Gasteiger partial charge < -0.3 is 15.8 Å². The van der Waals surface area contributed by atoms with Gasteiger partial charge in [0.15, 0.2) is 0 Å². The Hall–Kier alpha value is -1.93. The summed E-state index contributed by atoms with van der Waals surface area (Å²) in [6.07, 6.45) is 0. The number of nitrogens with one attached hydrogen (secondary N) is 2. The van der Waals surface area contributed by atoms with Gasteiger partial charge in [0, 0.05) is 12.6 Å². The number of hydrogen-bond donors (Lipinski definition) is 4. The summed E-state index contributed by atoms with van der Waals surface area (Å²) in [7, 11) is 0. The van der Waals surface area contributed by atoms with Gasteiger partial charge in [-0.1, -0.05) is 6.92 Å². The van der Waals surface area contributed by atoms with Crippen molar-refractivity contribution in [1.29, 1.82) is 0 Å². The first-order valence-electron chi connectivity index (χ1n) is 5.48.